The molecule has 1 fully saturated rings. The third-order valence-electron chi connectivity index (χ3n) is 5.94. The Morgan fingerprint density at radius 1 is 0.970 bits per heavy atom. The highest BCUT2D eigenvalue weighted by Crippen LogP contribution is 2.35. The van der Waals surface area contributed by atoms with Gasteiger partial charge in [0.1, 0.15) is 11.3 Å². The molecule has 4 heterocycles. The number of para-hydroxylation sites is 2. The quantitative estimate of drug-likeness (QED) is 0.369. The van der Waals surface area contributed by atoms with Crippen molar-refractivity contribution in [3.63, 3.8) is 0 Å². The summed E-state index contributed by atoms with van der Waals surface area (Å²) in [5, 5.41) is 6.66. The van der Waals surface area contributed by atoms with Gasteiger partial charge in [-0.1, -0.05) is 36.4 Å². The molecule has 2 aromatic carbocycles. The number of benzene rings is 2. The van der Waals surface area contributed by atoms with Crippen LogP contribution in [0.4, 0.5) is 0 Å². The molecule has 1 amide bonds. The molecule has 164 valence electrons. The molecule has 1 saturated heterocycles. The van der Waals surface area contributed by atoms with Crippen LogP contribution in [-0.2, 0) is 4.79 Å². The van der Waals surface area contributed by atoms with Gasteiger partial charge in [-0.15, -0.1) is 0 Å². The van der Waals surface area contributed by atoms with Crippen LogP contribution < -0.4 is 0 Å². The summed E-state index contributed by atoms with van der Waals surface area (Å²) in [5.74, 6) is 0.480. The lowest BCUT2D eigenvalue weighted by Crippen LogP contribution is -2.33. The number of piperidine rings is 1. The first-order valence-corrected chi connectivity index (χ1v) is 12.0. The molecule has 33 heavy (non-hydrogen) atoms. The van der Waals surface area contributed by atoms with E-state index < -0.39 is 0 Å². The van der Waals surface area contributed by atoms with Crippen molar-refractivity contribution < 1.29 is 9.21 Å². The molecule has 0 radical (unpaired) electrons. The molecule has 6 nitrogen and oxygen atoms in total. The Kier molecular flexibility index (Phi) is 5.11. The highest BCUT2D eigenvalue weighted by molar-refractivity contribution is 8.18. The molecule has 2 aliphatic heterocycles. The minimum absolute atomic E-state index is 0.191. The molecule has 0 N–H and O–H groups in total. The van der Waals surface area contributed by atoms with E-state index in [2.05, 4.69) is 9.89 Å². The molecule has 0 spiro atoms. The minimum atomic E-state index is -0.191. The normalized spacial score (nSPS) is 17.8. The fourth-order valence-electron chi connectivity index (χ4n) is 4.26. The number of hydrogen-bond donors (Lipinski definition) is 0. The highest BCUT2D eigenvalue weighted by Gasteiger charge is 2.28. The van der Waals surface area contributed by atoms with Gasteiger partial charge < -0.3 is 9.32 Å². The molecule has 4 aromatic rings. The minimum Gasteiger partial charge on any atom is -0.454 e. The molecule has 0 saturated carbocycles. The summed E-state index contributed by atoms with van der Waals surface area (Å²) < 4.78 is 7.94. The number of amidine groups is 1. The van der Waals surface area contributed by atoms with E-state index in [1.54, 1.807) is 0 Å². The maximum Gasteiger partial charge on any atom is 0.286 e. The zero-order valence-corrected chi connectivity index (χ0v) is 18.8. The molecular weight excluding hydrogens is 432 g/mol. The van der Waals surface area contributed by atoms with Gasteiger partial charge >= 0.3 is 0 Å². The molecule has 6 rings (SSSR count). The van der Waals surface area contributed by atoms with Gasteiger partial charge in [0.05, 0.1) is 10.6 Å². The lowest BCUT2D eigenvalue weighted by Gasteiger charge is -2.27. The number of aromatic nitrogens is 2. The number of carbonyl (C=O) groups excluding carboxylic acids is 1. The van der Waals surface area contributed by atoms with Gasteiger partial charge in [-0.3, -0.25) is 4.79 Å². The number of carbonyl (C=O) groups is 1. The number of aliphatic imine (C=N–C) groups is 1. The Morgan fingerprint density at radius 2 is 1.76 bits per heavy atom. The van der Waals surface area contributed by atoms with Crippen LogP contribution in [0.1, 0.15) is 24.8 Å². The van der Waals surface area contributed by atoms with E-state index in [1.807, 2.05) is 77.6 Å². The summed E-state index contributed by atoms with van der Waals surface area (Å²) >= 11 is 1.45. The predicted octanol–water partition coefficient (Wildman–Crippen LogP) is 5.74. The van der Waals surface area contributed by atoms with Gasteiger partial charge in [0.25, 0.3) is 5.91 Å². The van der Waals surface area contributed by atoms with Crippen molar-refractivity contribution in [2.45, 2.75) is 19.3 Å². The summed E-state index contributed by atoms with van der Waals surface area (Å²) in [7, 11) is 0. The van der Waals surface area contributed by atoms with Crippen molar-refractivity contribution in [3.05, 3.63) is 77.3 Å². The second-order valence-corrected chi connectivity index (χ2v) is 9.23. The summed E-state index contributed by atoms with van der Waals surface area (Å²) in [6.07, 6.45) is 7.37. The third kappa shape index (κ3) is 3.89. The number of nitrogens with zero attached hydrogens (tertiary/aromatic N) is 4. The second kappa shape index (κ2) is 8.41. The van der Waals surface area contributed by atoms with Gasteiger partial charge in [0, 0.05) is 30.2 Å². The van der Waals surface area contributed by atoms with Crippen molar-refractivity contribution in [3.8, 4) is 17.1 Å². The van der Waals surface area contributed by atoms with Crippen LogP contribution in [0.2, 0.25) is 0 Å². The van der Waals surface area contributed by atoms with Gasteiger partial charge in [-0.2, -0.15) is 10.1 Å². The van der Waals surface area contributed by atoms with Gasteiger partial charge in [-0.05, 0) is 61.4 Å². The Bertz CT molecular complexity index is 1360. The van der Waals surface area contributed by atoms with E-state index in [-0.39, 0.29) is 5.91 Å². The fraction of sp³-hybridized carbons (Fsp3) is 0.192. The average molecular weight is 455 g/mol. The topological polar surface area (TPSA) is 63.6 Å². The van der Waals surface area contributed by atoms with E-state index in [9.17, 15) is 4.79 Å². The van der Waals surface area contributed by atoms with Crippen LogP contribution in [-0.4, -0.2) is 38.8 Å². The van der Waals surface area contributed by atoms with Crippen LogP contribution in [0.15, 0.2) is 81.2 Å². The first kappa shape index (κ1) is 20.1. The van der Waals surface area contributed by atoms with Crippen molar-refractivity contribution >= 4 is 39.9 Å². The van der Waals surface area contributed by atoms with Crippen LogP contribution in [0.3, 0.4) is 0 Å². The Hall–Kier alpha value is -3.58. The van der Waals surface area contributed by atoms with Gasteiger partial charge in [-0.25, -0.2) is 4.68 Å². The molecule has 0 atom stereocenters. The fourth-order valence-corrected chi connectivity index (χ4v) is 5.21. The third-order valence-corrected chi connectivity index (χ3v) is 6.99. The number of amides is 1. The molecule has 2 aliphatic rings. The molecule has 0 bridgehead atoms. The Morgan fingerprint density at radius 3 is 2.58 bits per heavy atom. The maximum absolute atomic E-state index is 12.7. The smallest absolute Gasteiger partial charge is 0.286 e. The molecule has 7 heteroatoms. The van der Waals surface area contributed by atoms with Gasteiger partial charge in [0.15, 0.2) is 10.9 Å². The lowest BCUT2D eigenvalue weighted by molar-refractivity contribution is -0.113. The average Bonchev–Trinajstić information content (AvgIpc) is 3.57. The first-order chi connectivity index (χ1) is 16.2. The Balaban J connectivity index is 1.40. The monoisotopic (exact) mass is 454 g/mol. The van der Waals surface area contributed by atoms with Crippen molar-refractivity contribution in [1.82, 2.24) is 14.7 Å². The van der Waals surface area contributed by atoms with E-state index in [0.717, 1.165) is 53.3 Å². The first-order valence-electron chi connectivity index (χ1n) is 11.2. The summed E-state index contributed by atoms with van der Waals surface area (Å²) in [6, 6.07) is 19.8. The SMILES string of the molecule is O=C1N=C(N2CCCCC2)SC1=Cc1cn(-c2ccccc2)nc1-c1cc2ccccc2o1. The van der Waals surface area contributed by atoms with E-state index >= 15 is 0 Å². The molecule has 0 aliphatic carbocycles. The van der Waals surface area contributed by atoms with Crippen LogP contribution >= 0.6 is 11.8 Å². The maximum atomic E-state index is 12.7. The standard InChI is InChI=1S/C26H22N4O2S/c31-25-23(33-26(27-25)29-13-7-2-8-14-29)16-19-17-30(20-10-3-1-4-11-20)28-24(19)22-15-18-9-5-6-12-21(18)32-22/h1,3-6,9-12,15-17H,2,7-8,13-14H2. The number of likely N-dealkylation sites (tertiary alicyclic amines) is 1. The van der Waals surface area contributed by atoms with Crippen LogP contribution in [0.25, 0.3) is 34.2 Å². The van der Waals surface area contributed by atoms with Crippen molar-refractivity contribution in [1.29, 1.82) is 0 Å². The van der Waals surface area contributed by atoms with E-state index in [4.69, 9.17) is 9.52 Å². The summed E-state index contributed by atoms with van der Waals surface area (Å²) in [6.45, 7) is 1.92. The molecule has 0 unspecified atom stereocenters. The predicted molar refractivity (Wildman–Crippen MR) is 132 cm³/mol. The molecular formula is C26H22N4O2S. The second-order valence-electron chi connectivity index (χ2n) is 8.22. The van der Waals surface area contributed by atoms with Crippen molar-refractivity contribution in [2.24, 2.45) is 4.99 Å². The van der Waals surface area contributed by atoms with E-state index in [0.29, 0.717) is 16.4 Å². The summed E-state index contributed by atoms with van der Waals surface area (Å²) in [4.78, 5) is 19.9. The number of rotatable bonds is 3. The Labute approximate surface area is 195 Å². The number of hydrogen-bond acceptors (Lipinski definition) is 5. The van der Waals surface area contributed by atoms with E-state index in [1.165, 1.54) is 18.2 Å². The van der Waals surface area contributed by atoms with Gasteiger partial charge in [0.2, 0.25) is 0 Å². The zero-order chi connectivity index (χ0) is 22.2. The van der Waals surface area contributed by atoms with Crippen LogP contribution in [0, 0.1) is 0 Å². The van der Waals surface area contributed by atoms with Crippen molar-refractivity contribution in [2.75, 3.05) is 13.1 Å². The number of furan rings is 1. The highest BCUT2D eigenvalue weighted by atomic mass is 32.2. The zero-order valence-electron chi connectivity index (χ0n) is 18.0. The number of thioether (sulfide) groups is 1. The number of fused-ring (bicyclic) bond motifs is 1. The largest absolute Gasteiger partial charge is 0.454 e. The van der Waals surface area contributed by atoms with Crippen LogP contribution in [0.5, 0.6) is 0 Å². The molecule has 2 aromatic heterocycles. The summed E-state index contributed by atoms with van der Waals surface area (Å²) in [5.41, 5.74) is 3.27. The lowest BCUT2D eigenvalue weighted by atomic mass is 10.1.